The van der Waals surface area contributed by atoms with Crippen LogP contribution in [-0.2, 0) is 51.4 Å². The number of carbonyl (C=O) groups is 6. The van der Waals surface area contributed by atoms with Gasteiger partial charge >= 0.3 is 5.97 Å². The highest BCUT2D eigenvalue weighted by atomic mass is 32.2. The topological polar surface area (TPSA) is 217 Å². The maximum Gasteiger partial charge on any atom is 0.302 e. The van der Waals surface area contributed by atoms with Gasteiger partial charge in [-0.1, -0.05) is 5.16 Å². The van der Waals surface area contributed by atoms with E-state index in [1.807, 2.05) is 0 Å². The molecule has 1 saturated heterocycles. The number of anilines is 2. The Morgan fingerprint density at radius 1 is 1.30 bits per heavy atom. The highest BCUT2D eigenvalue weighted by Crippen LogP contribution is 2.40. The van der Waals surface area contributed by atoms with Gasteiger partial charge < -0.3 is 35.4 Å². The average molecular weight is 635 g/mol. The van der Waals surface area contributed by atoms with Gasteiger partial charge in [-0.15, -0.1) is 32.5 Å². The number of carboxylic acid groups (broad SMARTS) is 1. The second kappa shape index (κ2) is 13.5. The standard InChI is InChI=1S/C24H26N8O9S2/c1-12(34)26-16-4-5-30(31(16)6-7-41-13(2)35)8-14-9-42-22-18(21(37)32(22)19(14)23(38)39)28-20(36)17(29-40-3)15-10-43-24(27-15)25-11-33/h4-5,10-11,18,22H,6-9H2,1-3H3,(H3,25,27,28,33,36,38,39)/t18-,22-/m1/s1. The number of aliphatic carboxylic acids is 1. The Labute approximate surface area is 251 Å². The minimum absolute atomic E-state index is 0.00399. The molecule has 4 heterocycles. The number of esters is 1. The van der Waals surface area contributed by atoms with Gasteiger partial charge in [0.05, 0.1) is 17.7 Å². The Balaban J connectivity index is 1.54. The first-order valence-corrected chi connectivity index (χ1v) is 14.4. The minimum Gasteiger partial charge on any atom is -0.543 e. The molecule has 2 aliphatic heterocycles. The second-order valence-electron chi connectivity index (χ2n) is 8.97. The molecular weight excluding hydrogens is 608 g/mol. The van der Waals surface area contributed by atoms with Gasteiger partial charge in [-0.3, -0.25) is 28.9 Å². The summed E-state index contributed by atoms with van der Waals surface area (Å²) in [6.07, 6.45) is 2.04. The molecule has 1 fully saturated rings. The molecule has 4 amide bonds. The third kappa shape index (κ3) is 6.83. The molecule has 3 N–H and O–H groups in total. The van der Waals surface area contributed by atoms with Crippen molar-refractivity contribution >= 4 is 75.8 Å². The zero-order valence-corrected chi connectivity index (χ0v) is 24.7. The number of oxime groups is 1. The van der Waals surface area contributed by atoms with E-state index >= 15 is 0 Å². The summed E-state index contributed by atoms with van der Waals surface area (Å²) in [6, 6.07) is 0.528. The van der Waals surface area contributed by atoms with Gasteiger partial charge in [0, 0.05) is 30.6 Å². The van der Waals surface area contributed by atoms with Gasteiger partial charge in [0.15, 0.2) is 29.4 Å². The summed E-state index contributed by atoms with van der Waals surface area (Å²) in [4.78, 5) is 82.0. The van der Waals surface area contributed by atoms with Gasteiger partial charge in [0.1, 0.15) is 37.4 Å². The molecule has 2 atom stereocenters. The van der Waals surface area contributed by atoms with E-state index in [1.54, 1.807) is 21.6 Å². The van der Waals surface area contributed by atoms with Crippen LogP contribution < -0.4 is 25.7 Å². The Bertz CT molecular complexity index is 1530. The lowest BCUT2D eigenvalue weighted by Crippen LogP contribution is -2.71. The quantitative estimate of drug-likeness (QED) is 0.0535. The van der Waals surface area contributed by atoms with Crippen LogP contribution in [0.15, 0.2) is 34.1 Å². The molecule has 43 heavy (non-hydrogen) atoms. The SMILES string of the molecule is CON=C(C(=O)N[C@@H]1C(=O)N2C(C(=O)[O-])=C(C[n+]3ccc(NC(C)=O)n3CCOC(C)=O)CS[C@H]12)c1csc(NC=O)n1. The van der Waals surface area contributed by atoms with E-state index in [0.717, 1.165) is 16.2 Å². The lowest BCUT2D eigenvalue weighted by molar-refractivity contribution is -0.767. The molecule has 0 unspecified atom stereocenters. The second-order valence-corrected chi connectivity index (χ2v) is 10.9. The third-order valence-corrected chi connectivity index (χ3v) is 8.23. The van der Waals surface area contributed by atoms with Crippen molar-refractivity contribution in [1.82, 2.24) is 19.9 Å². The summed E-state index contributed by atoms with van der Waals surface area (Å²) in [5, 5.41) is 24.5. The molecule has 17 nitrogen and oxygen atoms in total. The first kappa shape index (κ1) is 31.2. The number of aromatic nitrogens is 3. The first-order chi connectivity index (χ1) is 20.5. The van der Waals surface area contributed by atoms with Gasteiger partial charge in [-0.05, 0) is 0 Å². The van der Waals surface area contributed by atoms with Gasteiger partial charge in [0.2, 0.25) is 12.3 Å². The number of thioether (sulfide) groups is 1. The van der Waals surface area contributed by atoms with Crippen LogP contribution >= 0.6 is 23.1 Å². The van der Waals surface area contributed by atoms with Crippen molar-refractivity contribution in [2.45, 2.75) is 38.4 Å². The zero-order valence-electron chi connectivity index (χ0n) is 23.0. The van der Waals surface area contributed by atoms with E-state index in [1.165, 1.54) is 38.1 Å². The maximum atomic E-state index is 13.2. The monoisotopic (exact) mass is 634 g/mol. The molecule has 2 aromatic heterocycles. The van der Waals surface area contributed by atoms with Gasteiger partial charge in [-0.25, -0.2) is 4.98 Å². The molecule has 228 valence electrons. The Kier molecular flexibility index (Phi) is 9.76. The van der Waals surface area contributed by atoms with E-state index in [9.17, 15) is 33.9 Å². The van der Waals surface area contributed by atoms with Crippen molar-refractivity contribution < 1.29 is 48.1 Å². The van der Waals surface area contributed by atoms with Crippen molar-refractivity contribution in [2.24, 2.45) is 5.16 Å². The first-order valence-electron chi connectivity index (χ1n) is 12.5. The molecule has 19 heteroatoms. The highest BCUT2D eigenvalue weighted by molar-refractivity contribution is 8.00. The van der Waals surface area contributed by atoms with Crippen LogP contribution in [0.3, 0.4) is 0 Å². The van der Waals surface area contributed by atoms with Crippen molar-refractivity contribution in [2.75, 3.05) is 30.1 Å². The maximum absolute atomic E-state index is 13.2. The average Bonchev–Trinajstić information content (AvgIpc) is 3.56. The van der Waals surface area contributed by atoms with Crippen LogP contribution in [-0.4, -0.2) is 87.2 Å². The largest absolute Gasteiger partial charge is 0.543 e. The van der Waals surface area contributed by atoms with Crippen LogP contribution in [0, 0.1) is 0 Å². The minimum atomic E-state index is -1.57. The van der Waals surface area contributed by atoms with Crippen LogP contribution in [0.4, 0.5) is 10.9 Å². The number of hydrogen-bond acceptors (Lipinski definition) is 13. The summed E-state index contributed by atoms with van der Waals surface area (Å²) in [5.41, 5.74) is -0.124. The number of thiazole rings is 1. The fourth-order valence-electron chi connectivity index (χ4n) is 4.40. The highest BCUT2D eigenvalue weighted by Gasteiger charge is 2.53. The smallest absolute Gasteiger partial charge is 0.302 e. The summed E-state index contributed by atoms with van der Waals surface area (Å²) in [6.45, 7) is 2.75. The molecule has 0 saturated carbocycles. The number of amides is 4. The number of carbonyl (C=O) groups excluding carboxylic acids is 6. The fourth-order valence-corrected chi connectivity index (χ4v) is 6.39. The van der Waals surface area contributed by atoms with Crippen LogP contribution in [0.5, 0.6) is 0 Å². The number of fused-ring (bicyclic) bond motifs is 1. The van der Waals surface area contributed by atoms with Gasteiger partial charge in [0.25, 0.3) is 11.8 Å². The normalized spacial score (nSPS) is 17.9. The van der Waals surface area contributed by atoms with E-state index in [0.29, 0.717) is 17.8 Å². The number of carboxylic acids is 1. The lowest BCUT2D eigenvalue weighted by Gasteiger charge is -2.50. The van der Waals surface area contributed by atoms with Crippen LogP contribution in [0.2, 0.25) is 0 Å². The van der Waals surface area contributed by atoms with E-state index in [2.05, 4.69) is 26.1 Å². The third-order valence-electron chi connectivity index (χ3n) is 6.11. The van der Waals surface area contributed by atoms with Crippen LogP contribution in [0.25, 0.3) is 0 Å². The number of ether oxygens (including phenoxy) is 1. The number of hydrogen-bond donors (Lipinski definition) is 3. The van der Waals surface area contributed by atoms with Gasteiger partial charge in [-0.2, -0.15) is 0 Å². The molecule has 0 bridgehead atoms. The summed E-state index contributed by atoms with van der Waals surface area (Å²) in [5.74, 6) is -3.29. The number of nitrogens with zero attached hydrogens (tertiary/aromatic N) is 5. The molecule has 0 radical (unpaired) electrons. The Morgan fingerprint density at radius 2 is 2.07 bits per heavy atom. The van der Waals surface area contributed by atoms with E-state index in [-0.39, 0.29) is 53.6 Å². The van der Waals surface area contributed by atoms with Crippen molar-refractivity contribution in [1.29, 1.82) is 0 Å². The van der Waals surface area contributed by atoms with E-state index in [4.69, 9.17) is 9.57 Å². The van der Waals surface area contributed by atoms with E-state index < -0.39 is 35.2 Å². The Hall–Kier alpha value is -4.78. The van der Waals surface area contributed by atoms with Crippen molar-refractivity contribution in [3.8, 4) is 0 Å². The Morgan fingerprint density at radius 3 is 2.72 bits per heavy atom. The van der Waals surface area contributed by atoms with Crippen LogP contribution in [0.1, 0.15) is 19.5 Å². The molecule has 2 aliphatic rings. The summed E-state index contributed by atoms with van der Waals surface area (Å²) < 4.78 is 8.24. The molecule has 0 spiro atoms. The van der Waals surface area contributed by atoms with Crippen molar-refractivity contribution in [3.05, 3.63) is 34.6 Å². The molecule has 0 aliphatic carbocycles. The predicted molar refractivity (Wildman–Crippen MR) is 148 cm³/mol. The number of rotatable bonds is 13. The zero-order chi connectivity index (χ0) is 31.3. The molecule has 0 aromatic carbocycles. The fraction of sp³-hybridized carbons (Fsp3) is 0.375. The van der Waals surface area contributed by atoms with Crippen molar-refractivity contribution in [3.63, 3.8) is 0 Å². The summed E-state index contributed by atoms with van der Waals surface area (Å²) >= 11 is 2.28. The molecule has 4 rings (SSSR count). The molecular formula is C24H26N8O9S2. The number of β-lactam (4-membered cyclic amide) rings is 1. The number of nitrogens with one attached hydrogen (secondary N) is 3. The molecule has 2 aromatic rings. The summed E-state index contributed by atoms with van der Waals surface area (Å²) in [7, 11) is 1.22. The predicted octanol–water partition coefficient (Wildman–Crippen LogP) is -2.22. The lowest BCUT2D eigenvalue weighted by atomic mass is 10.0.